The summed E-state index contributed by atoms with van der Waals surface area (Å²) in [6.45, 7) is 9.35. The number of nitrogens with zero attached hydrogens (tertiary/aromatic N) is 1. The zero-order chi connectivity index (χ0) is 17.0. The highest BCUT2D eigenvalue weighted by atomic mass is 16.3. The molecule has 1 heterocycles. The van der Waals surface area contributed by atoms with E-state index in [1.807, 2.05) is 0 Å². The van der Waals surface area contributed by atoms with E-state index in [4.69, 9.17) is 0 Å². The average molecular weight is 326 g/mol. The zero-order valence-electron chi connectivity index (χ0n) is 15.0. The van der Waals surface area contributed by atoms with Gasteiger partial charge in [-0.05, 0) is 29.2 Å². The molecule has 2 aromatic carbocycles. The molecule has 1 saturated heterocycles. The van der Waals surface area contributed by atoms with Crippen molar-refractivity contribution in [2.45, 2.75) is 38.2 Å². The molecule has 0 aliphatic carbocycles. The van der Waals surface area contributed by atoms with E-state index in [2.05, 4.69) is 66.5 Å². The Morgan fingerprint density at radius 2 is 1.71 bits per heavy atom. The Kier molecular flexibility index (Phi) is 5.54. The first-order chi connectivity index (χ1) is 11.7. The van der Waals surface area contributed by atoms with Crippen LogP contribution in [0, 0.1) is 0 Å². The van der Waals surface area contributed by atoms with Crippen molar-refractivity contribution in [3.8, 4) is 0 Å². The lowest BCUT2D eigenvalue weighted by Gasteiger charge is -2.40. The van der Waals surface area contributed by atoms with Crippen LogP contribution < -0.4 is 5.32 Å². The fraction of sp³-hybridized carbons (Fsp3) is 0.524. The van der Waals surface area contributed by atoms with Crippen LogP contribution >= 0.6 is 0 Å². The van der Waals surface area contributed by atoms with Gasteiger partial charge in [-0.15, -0.1) is 0 Å². The molecule has 130 valence electrons. The lowest BCUT2D eigenvalue weighted by molar-refractivity contribution is -0.00778. The number of nitrogens with one attached hydrogen (secondary N) is 1. The first-order valence-corrected chi connectivity index (χ1v) is 9.31. The number of fused-ring (bicyclic) bond motifs is 1. The molecule has 24 heavy (non-hydrogen) atoms. The fourth-order valence-electron chi connectivity index (χ4n) is 4.01. The van der Waals surface area contributed by atoms with E-state index in [-0.39, 0.29) is 5.92 Å². The lowest BCUT2D eigenvalue weighted by atomic mass is 9.76. The highest BCUT2D eigenvalue weighted by Crippen LogP contribution is 2.38. The molecule has 0 aromatic heterocycles. The van der Waals surface area contributed by atoms with Crippen molar-refractivity contribution in [1.29, 1.82) is 0 Å². The molecule has 0 amide bonds. The van der Waals surface area contributed by atoms with Crippen LogP contribution in [0.5, 0.6) is 0 Å². The van der Waals surface area contributed by atoms with Gasteiger partial charge in [-0.2, -0.15) is 0 Å². The third kappa shape index (κ3) is 3.49. The minimum Gasteiger partial charge on any atom is -0.389 e. The third-order valence-electron chi connectivity index (χ3n) is 5.72. The van der Waals surface area contributed by atoms with Crippen molar-refractivity contribution in [2.75, 3.05) is 32.7 Å². The summed E-state index contributed by atoms with van der Waals surface area (Å²) in [7, 11) is 0. The molecule has 3 rings (SSSR count). The van der Waals surface area contributed by atoms with Gasteiger partial charge in [0, 0.05) is 38.6 Å². The summed E-state index contributed by atoms with van der Waals surface area (Å²) in [5, 5.41) is 17.3. The van der Waals surface area contributed by atoms with Gasteiger partial charge in [-0.25, -0.2) is 0 Å². The van der Waals surface area contributed by atoms with E-state index >= 15 is 0 Å². The molecule has 1 unspecified atom stereocenters. The van der Waals surface area contributed by atoms with E-state index in [0.29, 0.717) is 0 Å². The summed E-state index contributed by atoms with van der Waals surface area (Å²) in [6, 6.07) is 15.1. The van der Waals surface area contributed by atoms with Crippen molar-refractivity contribution in [3.05, 3.63) is 48.0 Å². The Hall–Kier alpha value is -1.42. The molecule has 1 fully saturated rings. The average Bonchev–Trinajstić information content (AvgIpc) is 2.66. The minimum atomic E-state index is -0.658. The summed E-state index contributed by atoms with van der Waals surface area (Å²) in [5.41, 5.74) is 0.632. The SMILES string of the molecule is CCC(O)(CC)C(CN1CCNCC1)c1cccc2ccccc12. The largest absolute Gasteiger partial charge is 0.389 e. The number of hydrogen-bond donors (Lipinski definition) is 2. The van der Waals surface area contributed by atoms with Gasteiger partial charge in [0.2, 0.25) is 0 Å². The van der Waals surface area contributed by atoms with Crippen LogP contribution in [-0.2, 0) is 0 Å². The Balaban J connectivity index is 2.02. The summed E-state index contributed by atoms with van der Waals surface area (Å²) >= 11 is 0. The minimum absolute atomic E-state index is 0.136. The van der Waals surface area contributed by atoms with E-state index in [1.165, 1.54) is 16.3 Å². The molecule has 1 atom stereocenters. The summed E-state index contributed by atoms with van der Waals surface area (Å²) in [6.07, 6.45) is 1.56. The maximum Gasteiger partial charge on any atom is 0.0723 e. The maximum atomic E-state index is 11.4. The predicted octanol–water partition coefficient (Wildman–Crippen LogP) is 3.38. The second-order valence-electron chi connectivity index (χ2n) is 6.98. The first-order valence-electron chi connectivity index (χ1n) is 9.31. The smallest absolute Gasteiger partial charge is 0.0723 e. The second-order valence-corrected chi connectivity index (χ2v) is 6.98. The summed E-state index contributed by atoms with van der Waals surface area (Å²) in [4.78, 5) is 2.50. The normalized spacial score (nSPS) is 18.0. The predicted molar refractivity (Wildman–Crippen MR) is 102 cm³/mol. The van der Waals surface area contributed by atoms with Gasteiger partial charge in [0.15, 0.2) is 0 Å². The highest BCUT2D eigenvalue weighted by molar-refractivity contribution is 5.86. The van der Waals surface area contributed by atoms with E-state index in [0.717, 1.165) is 45.6 Å². The van der Waals surface area contributed by atoms with Crippen LogP contribution in [-0.4, -0.2) is 48.3 Å². The number of piperazine rings is 1. The number of hydrogen-bond acceptors (Lipinski definition) is 3. The van der Waals surface area contributed by atoms with Crippen molar-refractivity contribution < 1.29 is 5.11 Å². The van der Waals surface area contributed by atoms with Crippen LogP contribution in [0.4, 0.5) is 0 Å². The van der Waals surface area contributed by atoms with Crippen LogP contribution in [0.3, 0.4) is 0 Å². The van der Waals surface area contributed by atoms with Crippen molar-refractivity contribution in [2.24, 2.45) is 0 Å². The molecule has 1 aliphatic heterocycles. The lowest BCUT2D eigenvalue weighted by Crippen LogP contribution is -2.48. The Morgan fingerprint density at radius 3 is 2.42 bits per heavy atom. The molecular weight excluding hydrogens is 296 g/mol. The molecular formula is C21H30N2O. The monoisotopic (exact) mass is 326 g/mol. The van der Waals surface area contributed by atoms with Crippen LogP contribution in [0.2, 0.25) is 0 Å². The molecule has 3 nitrogen and oxygen atoms in total. The molecule has 0 spiro atoms. The topological polar surface area (TPSA) is 35.5 Å². The van der Waals surface area contributed by atoms with Gasteiger partial charge < -0.3 is 15.3 Å². The van der Waals surface area contributed by atoms with Crippen LogP contribution in [0.25, 0.3) is 10.8 Å². The molecule has 0 radical (unpaired) electrons. The van der Waals surface area contributed by atoms with Crippen molar-refractivity contribution in [1.82, 2.24) is 10.2 Å². The second kappa shape index (κ2) is 7.64. The summed E-state index contributed by atoms with van der Waals surface area (Å²) in [5.74, 6) is 0.136. The van der Waals surface area contributed by atoms with Gasteiger partial charge in [0.05, 0.1) is 5.60 Å². The quantitative estimate of drug-likeness (QED) is 0.854. The van der Waals surface area contributed by atoms with Gasteiger partial charge in [-0.1, -0.05) is 56.3 Å². The molecule has 1 aliphatic rings. The first kappa shape index (κ1) is 17.4. The summed E-state index contributed by atoms with van der Waals surface area (Å²) < 4.78 is 0. The van der Waals surface area contributed by atoms with Crippen molar-refractivity contribution >= 4 is 10.8 Å². The van der Waals surface area contributed by atoms with Crippen LogP contribution in [0.15, 0.2) is 42.5 Å². The van der Waals surface area contributed by atoms with Gasteiger partial charge in [0.1, 0.15) is 0 Å². The fourth-order valence-corrected chi connectivity index (χ4v) is 4.01. The van der Waals surface area contributed by atoms with Crippen LogP contribution in [0.1, 0.15) is 38.2 Å². The number of aliphatic hydroxyl groups is 1. The Bertz CT molecular complexity index is 654. The standard InChI is InChI=1S/C21H30N2O/c1-3-21(24,4-2)20(16-23-14-12-22-13-15-23)19-11-7-9-17-8-5-6-10-18(17)19/h5-11,20,22,24H,3-4,12-16H2,1-2H3. The van der Waals surface area contributed by atoms with Gasteiger partial charge in [-0.3, -0.25) is 0 Å². The zero-order valence-corrected chi connectivity index (χ0v) is 15.0. The van der Waals surface area contributed by atoms with Gasteiger partial charge >= 0.3 is 0 Å². The van der Waals surface area contributed by atoms with E-state index in [9.17, 15) is 5.11 Å². The molecule has 0 saturated carbocycles. The van der Waals surface area contributed by atoms with E-state index < -0.39 is 5.60 Å². The molecule has 2 aromatic rings. The maximum absolute atomic E-state index is 11.4. The molecule has 0 bridgehead atoms. The highest BCUT2D eigenvalue weighted by Gasteiger charge is 2.36. The van der Waals surface area contributed by atoms with E-state index in [1.54, 1.807) is 0 Å². The number of rotatable bonds is 6. The molecule has 3 heteroatoms. The number of benzene rings is 2. The Morgan fingerprint density at radius 1 is 1.04 bits per heavy atom. The third-order valence-corrected chi connectivity index (χ3v) is 5.72. The molecule has 2 N–H and O–H groups in total. The van der Waals surface area contributed by atoms with Gasteiger partial charge in [0.25, 0.3) is 0 Å². The van der Waals surface area contributed by atoms with Crippen molar-refractivity contribution in [3.63, 3.8) is 0 Å². The Labute approximate surface area is 145 Å².